The SMILES string of the molecule is CCONc1ccc(C(C)=O)cc1. The van der Waals surface area contributed by atoms with Crippen LogP contribution in [0.15, 0.2) is 24.3 Å². The maximum Gasteiger partial charge on any atom is 0.159 e. The summed E-state index contributed by atoms with van der Waals surface area (Å²) in [7, 11) is 0. The third-order valence-electron chi connectivity index (χ3n) is 1.63. The van der Waals surface area contributed by atoms with Crippen LogP contribution < -0.4 is 5.48 Å². The molecule has 0 aliphatic rings. The lowest BCUT2D eigenvalue weighted by Gasteiger charge is -2.04. The lowest BCUT2D eigenvalue weighted by molar-refractivity contribution is 0.101. The Morgan fingerprint density at radius 2 is 2.00 bits per heavy atom. The Morgan fingerprint density at radius 3 is 2.46 bits per heavy atom. The van der Waals surface area contributed by atoms with Crippen LogP contribution in [0.3, 0.4) is 0 Å². The summed E-state index contributed by atoms with van der Waals surface area (Å²) < 4.78 is 0. The lowest BCUT2D eigenvalue weighted by atomic mass is 10.1. The molecule has 3 heteroatoms. The van der Waals surface area contributed by atoms with Gasteiger partial charge >= 0.3 is 0 Å². The maximum atomic E-state index is 10.9. The standard InChI is InChI=1S/C10H13NO2/c1-3-13-11-10-6-4-9(5-7-10)8(2)12/h4-7,11H,3H2,1-2H3. The third kappa shape index (κ3) is 2.87. The molecule has 0 spiro atoms. The molecule has 0 aliphatic carbocycles. The second kappa shape index (κ2) is 4.62. The van der Waals surface area contributed by atoms with E-state index in [0.717, 1.165) is 5.69 Å². The molecule has 0 amide bonds. The van der Waals surface area contributed by atoms with Gasteiger partial charge in [-0.05, 0) is 38.1 Å². The number of carbonyl (C=O) groups is 1. The van der Waals surface area contributed by atoms with Crippen LogP contribution in [0.1, 0.15) is 24.2 Å². The zero-order valence-electron chi connectivity index (χ0n) is 7.83. The normalized spacial score (nSPS) is 9.69. The predicted molar refractivity (Wildman–Crippen MR) is 51.7 cm³/mol. The zero-order chi connectivity index (χ0) is 9.68. The van der Waals surface area contributed by atoms with Crippen LogP contribution in [0.2, 0.25) is 0 Å². The van der Waals surface area contributed by atoms with Crippen molar-refractivity contribution in [1.29, 1.82) is 0 Å². The molecule has 3 nitrogen and oxygen atoms in total. The molecule has 0 atom stereocenters. The molecule has 0 unspecified atom stereocenters. The van der Waals surface area contributed by atoms with Crippen molar-refractivity contribution in [2.75, 3.05) is 12.1 Å². The molecule has 0 aromatic heterocycles. The van der Waals surface area contributed by atoms with Crippen LogP contribution in [0.25, 0.3) is 0 Å². The number of ketones is 1. The number of benzene rings is 1. The van der Waals surface area contributed by atoms with Gasteiger partial charge in [0.05, 0.1) is 12.3 Å². The van der Waals surface area contributed by atoms with Crippen molar-refractivity contribution < 1.29 is 9.63 Å². The van der Waals surface area contributed by atoms with Crippen molar-refractivity contribution in [3.63, 3.8) is 0 Å². The highest BCUT2D eigenvalue weighted by Crippen LogP contribution is 2.09. The number of carbonyl (C=O) groups excluding carboxylic acids is 1. The first-order valence-electron chi connectivity index (χ1n) is 4.23. The fourth-order valence-electron chi connectivity index (χ4n) is 0.928. The Kier molecular flexibility index (Phi) is 3.46. The largest absolute Gasteiger partial charge is 0.295 e. The first-order valence-corrected chi connectivity index (χ1v) is 4.23. The van der Waals surface area contributed by atoms with Crippen molar-refractivity contribution in [1.82, 2.24) is 0 Å². The van der Waals surface area contributed by atoms with Gasteiger partial charge < -0.3 is 0 Å². The Hall–Kier alpha value is -1.35. The van der Waals surface area contributed by atoms with Crippen LogP contribution in [0.5, 0.6) is 0 Å². The molecule has 70 valence electrons. The Balaban J connectivity index is 2.64. The molecule has 1 aromatic rings. The summed E-state index contributed by atoms with van der Waals surface area (Å²) in [5, 5.41) is 0. The third-order valence-corrected chi connectivity index (χ3v) is 1.63. The molecule has 0 fully saturated rings. The lowest BCUT2D eigenvalue weighted by Crippen LogP contribution is -2.00. The number of rotatable bonds is 4. The minimum Gasteiger partial charge on any atom is -0.295 e. The van der Waals surface area contributed by atoms with Crippen LogP contribution in [-0.2, 0) is 4.84 Å². The second-order valence-corrected chi connectivity index (χ2v) is 2.67. The number of hydrogen-bond donors (Lipinski definition) is 1. The highest BCUT2D eigenvalue weighted by atomic mass is 16.6. The minimum absolute atomic E-state index is 0.0722. The van der Waals surface area contributed by atoms with Gasteiger partial charge in [-0.1, -0.05) is 0 Å². The fraction of sp³-hybridized carbons (Fsp3) is 0.300. The summed E-state index contributed by atoms with van der Waals surface area (Å²) in [6.45, 7) is 4.05. The molecule has 0 heterocycles. The van der Waals surface area contributed by atoms with E-state index in [0.29, 0.717) is 12.2 Å². The van der Waals surface area contributed by atoms with Gasteiger partial charge in [-0.3, -0.25) is 15.1 Å². The van der Waals surface area contributed by atoms with E-state index in [2.05, 4.69) is 5.48 Å². The van der Waals surface area contributed by atoms with E-state index in [9.17, 15) is 4.79 Å². The molecule has 1 N–H and O–H groups in total. The molecular weight excluding hydrogens is 166 g/mol. The highest BCUT2D eigenvalue weighted by molar-refractivity contribution is 5.94. The van der Waals surface area contributed by atoms with E-state index in [4.69, 9.17) is 4.84 Å². The minimum atomic E-state index is 0.0722. The monoisotopic (exact) mass is 179 g/mol. The zero-order valence-corrected chi connectivity index (χ0v) is 7.83. The van der Waals surface area contributed by atoms with Crippen molar-refractivity contribution in [2.24, 2.45) is 0 Å². The number of anilines is 1. The molecule has 0 saturated carbocycles. The van der Waals surface area contributed by atoms with Crippen LogP contribution in [0.4, 0.5) is 5.69 Å². The van der Waals surface area contributed by atoms with E-state index in [1.165, 1.54) is 0 Å². The van der Waals surface area contributed by atoms with Gasteiger partial charge in [0, 0.05) is 5.56 Å². The van der Waals surface area contributed by atoms with E-state index < -0.39 is 0 Å². The van der Waals surface area contributed by atoms with Crippen LogP contribution in [0, 0.1) is 0 Å². The molecule has 0 saturated heterocycles. The predicted octanol–water partition coefficient (Wildman–Crippen LogP) is 2.25. The average Bonchev–Trinajstić information content (AvgIpc) is 2.15. The first-order chi connectivity index (χ1) is 6.24. The van der Waals surface area contributed by atoms with E-state index in [1.807, 2.05) is 19.1 Å². The van der Waals surface area contributed by atoms with Gasteiger partial charge in [0.15, 0.2) is 5.78 Å². The van der Waals surface area contributed by atoms with Crippen molar-refractivity contribution in [2.45, 2.75) is 13.8 Å². The van der Waals surface area contributed by atoms with E-state index >= 15 is 0 Å². The summed E-state index contributed by atoms with van der Waals surface area (Å²) >= 11 is 0. The molecule has 13 heavy (non-hydrogen) atoms. The highest BCUT2D eigenvalue weighted by Gasteiger charge is 1.97. The molecule has 1 aromatic carbocycles. The maximum absolute atomic E-state index is 10.9. The van der Waals surface area contributed by atoms with Gasteiger partial charge in [-0.15, -0.1) is 0 Å². The van der Waals surface area contributed by atoms with Gasteiger partial charge in [-0.2, -0.15) is 0 Å². The Labute approximate surface area is 77.7 Å². The Bertz CT molecular complexity index is 279. The molecule has 0 radical (unpaired) electrons. The van der Waals surface area contributed by atoms with Gasteiger partial charge in [0.25, 0.3) is 0 Å². The summed E-state index contributed by atoms with van der Waals surface area (Å²) in [6.07, 6.45) is 0. The van der Waals surface area contributed by atoms with Crippen molar-refractivity contribution in [3.8, 4) is 0 Å². The molecule has 1 rings (SSSR count). The molecular formula is C10H13NO2. The van der Waals surface area contributed by atoms with E-state index in [1.54, 1.807) is 19.1 Å². The van der Waals surface area contributed by atoms with Crippen LogP contribution >= 0.6 is 0 Å². The average molecular weight is 179 g/mol. The van der Waals surface area contributed by atoms with Gasteiger partial charge in [0.1, 0.15) is 0 Å². The molecule has 0 aliphatic heterocycles. The summed E-state index contributed by atoms with van der Waals surface area (Å²) in [5.74, 6) is 0.0722. The number of hydrogen-bond acceptors (Lipinski definition) is 3. The fourth-order valence-corrected chi connectivity index (χ4v) is 0.928. The summed E-state index contributed by atoms with van der Waals surface area (Å²) in [4.78, 5) is 15.9. The second-order valence-electron chi connectivity index (χ2n) is 2.67. The summed E-state index contributed by atoms with van der Waals surface area (Å²) in [6, 6.07) is 7.16. The number of nitrogens with one attached hydrogen (secondary N) is 1. The number of Topliss-reactive ketones (excluding diaryl/α,β-unsaturated/α-hetero) is 1. The Morgan fingerprint density at radius 1 is 1.38 bits per heavy atom. The van der Waals surface area contributed by atoms with Crippen LogP contribution in [-0.4, -0.2) is 12.4 Å². The first kappa shape index (κ1) is 9.74. The van der Waals surface area contributed by atoms with Gasteiger partial charge in [0.2, 0.25) is 0 Å². The van der Waals surface area contributed by atoms with Crippen molar-refractivity contribution in [3.05, 3.63) is 29.8 Å². The summed E-state index contributed by atoms with van der Waals surface area (Å²) in [5.41, 5.74) is 4.31. The smallest absolute Gasteiger partial charge is 0.159 e. The van der Waals surface area contributed by atoms with Gasteiger partial charge in [-0.25, -0.2) is 0 Å². The quantitative estimate of drug-likeness (QED) is 0.569. The topological polar surface area (TPSA) is 38.3 Å². The van der Waals surface area contributed by atoms with Crippen molar-refractivity contribution >= 4 is 11.5 Å². The van der Waals surface area contributed by atoms with E-state index in [-0.39, 0.29) is 5.78 Å². The molecule has 0 bridgehead atoms.